The molecule has 0 aliphatic carbocycles. The average Bonchev–Trinajstić information content (AvgIpc) is 2.93. The van der Waals surface area contributed by atoms with Crippen LogP contribution in [0.1, 0.15) is 6.42 Å². The molecule has 1 N–H and O–H groups in total. The van der Waals surface area contributed by atoms with Gasteiger partial charge in [-0.2, -0.15) is 0 Å². The third-order valence-electron chi connectivity index (χ3n) is 5.31. The van der Waals surface area contributed by atoms with E-state index in [-0.39, 0.29) is 5.91 Å². The molecule has 9 heteroatoms. The summed E-state index contributed by atoms with van der Waals surface area (Å²) in [7, 11) is 4.84. The number of carbonyl (C=O) groups excluding carboxylic acids is 1. The van der Waals surface area contributed by atoms with Crippen LogP contribution < -0.4 is 19.5 Å². The summed E-state index contributed by atoms with van der Waals surface area (Å²) in [4.78, 5) is 17.2. The largest absolute Gasteiger partial charge is 0.497 e. The number of benzene rings is 3. The zero-order chi connectivity index (χ0) is 25.3. The maximum absolute atomic E-state index is 12.4. The van der Waals surface area contributed by atoms with Gasteiger partial charge >= 0.3 is 0 Å². The molecule has 8 nitrogen and oxygen atoms in total. The number of rotatable bonds is 10. The second kappa shape index (κ2) is 12.0. The van der Waals surface area contributed by atoms with Gasteiger partial charge in [0, 0.05) is 35.1 Å². The van der Waals surface area contributed by atoms with Crippen molar-refractivity contribution in [3.63, 3.8) is 0 Å². The molecule has 0 aliphatic heterocycles. The van der Waals surface area contributed by atoms with E-state index in [1.807, 2.05) is 66.7 Å². The Morgan fingerprint density at radius 3 is 2.00 bits per heavy atom. The first-order valence-electron chi connectivity index (χ1n) is 11.2. The molecule has 0 saturated carbocycles. The van der Waals surface area contributed by atoms with Crippen LogP contribution in [0.4, 0.5) is 5.69 Å². The van der Waals surface area contributed by atoms with Crippen molar-refractivity contribution in [1.82, 2.24) is 15.2 Å². The van der Waals surface area contributed by atoms with E-state index in [1.165, 1.54) is 11.8 Å². The van der Waals surface area contributed by atoms with Gasteiger partial charge in [0.05, 0.1) is 21.3 Å². The Morgan fingerprint density at radius 2 is 1.39 bits per heavy atom. The smallest absolute Gasteiger partial charge is 0.225 e. The minimum absolute atomic E-state index is 0.103. The van der Waals surface area contributed by atoms with Crippen LogP contribution in [0, 0.1) is 0 Å². The predicted octanol–water partition coefficient (Wildman–Crippen LogP) is 5.35. The molecule has 4 aromatic rings. The summed E-state index contributed by atoms with van der Waals surface area (Å²) >= 11 is 1.38. The van der Waals surface area contributed by atoms with E-state index in [9.17, 15) is 4.79 Å². The average molecular weight is 503 g/mol. The van der Waals surface area contributed by atoms with E-state index in [4.69, 9.17) is 19.2 Å². The van der Waals surface area contributed by atoms with Crippen LogP contribution in [-0.2, 0) is 4.79 Å². The molecule has 0 spiro atoms. The number of ether oxygens (including phenoxy) is 3. The summed E-state index contributed by atoms with van der Waals surface area (Å²) in [6.45, 7) is 0. The predicted molar refractivity (Wildman–Crippen MR) is 141 cm³/mol. The van der Waals surface area contributed by atoms with Crippen molar-refractivity contribution in [3.8, 4) is 39.8 Å². The molecule has 0 bridgehead atoms. The highest BCUT2D eigenvalue weighted by Crippen LogP contribution is 2.32. The van der Waals surface area contributed by atoms with E-state index in [2.05, 4.69) is 15.5 Å². The lowest BCUT2D eigenvalue weighted by Gasteiger charge is -2.11. The molecule has 0 aliphatic rings. The summed E-state index contributed by atoms with van der Waals surface area (Å²) in [5.41, 5.74) is 3.79. The Hall–Kier alpha value is -4.11. The van der Waals surface area contributed by atoms with E-state index in [1.54, 1.807) is 27.4 Å². The van der Waals surface area contributed by atoms with Gasteiger partial charge in [-0.15, -0.1) is 10.2 Å². The maximum atomic E-state index is 12.4. The number of anilines is 1. The quantitative estimate of drug-likeness (QED) is 0.290. The Morgan fingerprint density at radius 1 is 0.778 bits per heavy atom. The van der Waals surface area contributed by atoms with Gasteiger partial charge < -0.3 is 19.5 Å². The molecule has 0 atom stereocenters. The van der Waals surface area contributed by atoms with Crippen molar-refractivity contribution in [2.24, 2.45) is 0 Å². The fourth-order valence-corrected chi connectivity index (χ4v) is 4.15. The molecule has 0 saturated heterocycles. The molecule has 0 fully saturated rings. The molecule has 0 unspecified atom stereocenters. The lowest BCUT2D eigenvalue weighted by molar-refractivity contribution is -0.115. The zero-order valence-corrected chi connectivity index (χ0v) is 21.0. The van der Waals surface area contributed by atoms with Crippen molar-refractivity contribution in [2.45, 2.75) is 11.6 Å². The fourth-order valence-electron chi connectivity index (χ4n) is 3.43. The maximum Gasteiger partial charge on any atom is 0.225 e. The third kappa shape index (κ3) is 6.31. The SMILES string of the molecule is COc1ccc(-c2nnc(SCCC(=O)Nc3cccc(OC)c3)nc2-c2ccc(OC)cc2)cc1. The van der Waals surface area contributed by atoms with Crippen LogP contribution >= 0.6 is 11.8 Å². The lowest BCUT2D eigenvalue weighted by Crippen LogP contribution is -2.12. The van der Waals surface area contributed by atoms with Gasteiger partial charge in [-0.1, -0.05) is 17.8 Å². The highest BCUT2D eigenvalue weighted by molar-refractivity contribution is 7.99. The number of nitrogens with zero attached hydrogens (tertiary/aromatic N) is 3. The van der Waals surface area contributed by atoms with Crippen LogP contribution in [0.3, 0.4) is 0 Å². The first-order valence-corrected chi connectivity index (χ1v) is 12.2. The second-order valence-corrected chi connectivity index (χ2v) is 8.69. The number of nitrogens with one attached hydrogen (secondary N) is 1. The van der Waals surface area contributed by atoms with Crippen LogP contribution in [0.15, 0.2) is 78.0 Å². The van der Waals surface area contributed by atoms with Gasteiger partial charge in [0.15, 0.2) is 0 Å². The Kier molecular flexibility index (Phi) is 8.36. The van der Waals surface area contributed by atoms with Crippen molar-refractivity contribution >= 4 is 23.4 Å². The molecule has 1 heterocycles. The van der Waals surface area contributed by atoms with E-state index in [0.717, 1.165) is 22.6 Å². The number of amides is 1. The lowest BCUT2D eigenvalue weighted by atomic mass is 10.0. The number of aromatic nitrogens is 3. The molecule has 0 radical (unpaired) electrons. The molecular weight excluding hydrogens is 476 g/mol. The Labute approximate surface area is 214 Å². The standard InChI is InChI=1S/C27H26N4O4S/c1-33-21-11-7-18(8-12-21)25-26(19-9-13-22(34-2)14-10-19)30-31-27(29-25)36-16-15-24(32)28-20-5-4-6-23(17-20)35-3/h4-14,17H,15-16H2,1-3H3,(H,28,32). The summed E-state index contributed by atoms with van der Waals surface area (Å²) in [6, 6.07) is 22.5. The topological polar surface area (TPSA) is 95.5 Å². The van der Waals surface area contributed by atoms with Crippen LogP contribution in [-0.4, -0.2) is 48.2 Å². The van der Waals surface area contributed by atoms with E-state index >= 15 is 0 Å². The third-order valence-corrected chi connectivity index (χ3v) is 6.15. The summed E-state index contributed by atoms with van der Waals surface area (Å²) < 4.78 is 15.8. The van der Waals surface area contributed by atoms with Crippen LogP contribution in [0.25, 0.3) is 22.5 Å². The van der Waals surface area contributed by atoms with Gasteiger partial charge in [0.2, 0.25) is 11.1 Å². The van der Waals surface area contributed by atoms with Crippen molar-refractivity contribution < 1.29 is 19.0 Å². The fraction of sp³-hybridized carbons (Fsp3) is 0.185. The van der Waals surface area contributed by atoms with Crippen molar-refractivity contribution in [3.05, 3.63) is 72.8 Å². The van der Waals surface area contributed by atoms with Crippen LogP contribution in [0.5, 0.6) is 17.2 Å². The molecule has 184 valence electrons. The molecule has 1 aromatic heterocycles. The molecule has 3 aromatic carbocycles. The van der Waals surface area contributed by atoms with Crippen LogP contribution in [0.2, 0.25) is 0 Å². The highest BCUT2D eigenvalue weighted by atomic mass is 32.2. The van der Waals surface area contributed by atoms with E-state index in [0.29, 0.717) is 40.2 Å². The second-order valence-electron chi connectivity index (χ2n) is 7.63. The minimum Gasteiger partial charge on any atom is -0.497 e. The molecular formula is C27H26N4O4S. The van der Waals surface area contributed by atoms with Crippen molar-refractivity contribution in [1.29, 1.82) is 0 Å². The molecule has 36 heavy (non-hydrogen) atoms. The first-order chi connectivity index (χ1) is 17.6. The number of hydrogen-bond donors (Lipinski definition) is 1. The number of methoxy groups -OCH3 is 3. The number of thioether (sulfide) groups is 1. The Bertz CT molecular complexity index is 1310. The normalized spacial score (nSPS) is 10.5. The molecule has 4 rings (SSSR count). The van der Waals surface area contributed by atoms with Gasteiger partial charge in [-0.25, -0.2) is 4.98 Å². The summed E-state index contributed by atoms with van der Waals surface area (Å²) in [6.07, 6.45) is 0.295. The van der Waals surface area contributed by atoms with Crippen molar-refractivity contribution in [2.75, 3.05) is 32.4 Å². The van der Waals surface area contributed by atoms with Gasteiger partial charge in [0.25, 0.3) is 0 Å². The van der Waals surface area contributed by atoms with Gasteiger partial charge in [-0.3, -0.25) is 4.79 Å². The van der Waals surface area contributed by atoms with Gasteiger partial charge in [-0.05, 0) is 60.7 Å². The minimum atomic E-state index is -0.103. The number of carbonyl (C=O) groups is 1. The summed E-state index contributed by atoms with van der Waals surface area (Å²) in [5, 5.41) is 12.2. The Balaban J connectivity index is 1.50. The highest BCUT2D eigenvalue weighted by Gasteiger charge is 2.15. The van der Waals surface area contributed by atoms with E-state index < -0.39 is 0 Å². The monoisotopic (exact) mass is 502 g/mol. The van der Waals surface area contributed by atoms with Gasteiger partial charge in [0.1, 0.15) is 28.6 Å². The number of hydrogen-bond acceptors (Lipinski definition) is 8. The molecule has 1 amide bonds. The first kappa shape index (κ1) is 25.0. The summed E-state index contributed by atoms with van der Waals surface area (Å²) in [5.74, 6) is 2.59. The zero-order valence-electron chi connectivity index (χ0n) is 20.2.